The van der Waals surface area contributed by atoms with E-state index >= 15 is 0 Å². The zero-order chi connectivity index (χ0) is 20.0. The van der Waals surface area contributed by atoms with Gasteiger partial charge in [-0.05, 0) is 74.4 Å². The Kier molecular flexibility index (Phi) is 4.44. The van der Waals surface area contributed by atoms with Gasteiger partial charge in [0.05, 0.1) is 0 Å². The molecule has 1 aromatic rings. The Morgan fingerprint density at radius 3 is 2.66 bits per heavy atom. The third-order valence-corrected chi connectivity index (χ3v) is 6.97. The summed E-state index contributed by atoms with van der Waals surface area (Å²) >= 11 is 0. The van der Waals surface area contributed by atoms with Gasteiger partial charge in [0.2, 0.25) is 11.8 Å². The van der Waals surface area contributed by atoms with Crippen LogP contribution in [0.4, 0.5) is 0 Å². The molecule has 2 N–H and O–H groups in total. The van der Waals surface area contributed by atoms with Gasteiger partial charge in [-0.1, -0.05) is 11.8 Å². The first-order valence-electron chi connectivity index (χ1n) is 10.5. The van der Waals surface area contributed by atoms with Crippen molar-refractivity contribution in [1.82, 2.24) is 15.5 Å². The summed E-state index contributed by atoms with van der Waals surface area (Å²) in [5.74, 6) is 6.42. The van der Waals surface area contributed by atoms with Crippen molar-refractivity contribution in [3.05, 3.63) is 34.9 Å². The van der Waals surface area contributed by atoms with Crippen molar-refractivity contribution in [2.24, 2.45) is 11.3 Å². The van der Waals surface area contributed by atoms with Crippen molar-refractivity contribution in [3.8, 4) is 11.8 Å². The predicted molar refractivity (Wildman–Crippen MR) is 107 cm³/mol. The number of hydrogen-bond donors (Lipinski definition) is 2. The quantitative estimate of drug-likeness (QED) is 0.563. The lowest BCUT2D eigenvalue weighted by Crippen LogP contribution is -2.52. The van der Waals surface area contributed by atoms with Crippen LogP contribution in [0.3, 0.4) is 0 Å². The van der Waals surface area contributed by atoms with Crippen LogP contribution in [0.1, 0.15) is 60.0 Å². The lowest BCUT2D eigenvalue weighted by atomic mass is 9.58. The molecule has 5 rings (SSSR count). The zero-order valence-corrected chi connectivity index (χ0v) is 16.4. The second kappa shape index (κ2) is 7.00. The van der Waals surface area contributed by atoms with Crippen molar-refractivity contribution in [2.45, 2.75) is 51.1 Å². The number of rotatable bonds is 1. The lowest BCUT2D eigenvalue weighted by molar-refractivity contribution is -0.136. The fourth-order valence-electron chi connectivity index (χ4n) is 5.29. The molecule has 0 aromatic heterocycles. The molecule has 1 atom stereocenters. The van der Waals surface area contributed by atoms with Gasteiger partial charge in [-0.3, -0.25) is 19.7 Å². The average Bonchev–Trinajstić information content (AvgIpc) is 3.01. The maximum atomic E-state index is 12.7. The van der Waals surface area contributed by atoms with Crippen LogP contribution < -0.4 is 10.6 Å². The predicted octanol–water partition coefficient (Wildman–Crippen LogP) is 1.58. The maximum absolute atomic E-state index is 12.7. The van der Waals surface area contributed by atoms with Crippen molar-refractivity contribution in [3.63, 3.8) is 0 Å². The molecule has 1 unspecified atom stereocenters. The van der Waals surface area contributed by atoms with E-state index in [2.05, 4.69) is 22.5 Å². The monoisotopic (exact) mass is 391 g/mol. The summed E-state index contributed by atoms with van der Waals surface area (Å²) < 4.78 is 0. The molecule has 2 saturated heterocycles. The molecule has 3 amide bonds. The molecule has 4 aliphatic rings. The van der Waals surface area contributed by atoms with E-state index in [1.54, 1.807) is 4.90 Å². The van der Waals surface area contributed by atoms with Crippen LogP contribution in [0.15, 0.2) is 18.2 Å². The highest BCUT2D eigenvalue weighted by molar-refractivity contribution is 6.05. The molecule has 0 bridgehead atoms. The molecule has 6 nitrogen and oxygen atoms in total. The number of carbonyl (C=O) groups excluding carboxylic acids is 3. The smallest absolute Gasteiger partial charge is 0.255 e. The highest BCUT2D eigenvalue weighted by atomic mass is 16.2. The van der Waals surface area contributed by atoms with Crippen LogP contribution in [-0.2, 0) is 16.1 Å². The average molecular weight is 391 g/mol. The van der Waals surface area contributed by atoms with Crippen LogP contribution in [0.2, 0.25) is 0 Å². The highest BCUT2D eigenvalue weighted by Gasteiger charge is 2.43. The molecule has 6 heteroatoms. The van der Waals surface area contributed by atoms with Crippen LogP contribution in [0.25, 0.3) is 0 Å². The highest BCUT2D eigenvalue weighted by Crippen LogP contribution is 2.51. The van der Waals surface area contributed by atoms with Gasteiger partial charge in [-0.25, -0.2) is 0 Å². The first-order chi connectivity index (χ1) is 14.0. The van der Waals surface area contributed by atoms with Gasteiger partial charge in [-0.2, -0.15) is 0 Å². The van der Waals surface area contributed by atoms with E-state index in [0.717, 1.165) is 24.2 Å². The Morgan fingerprint density at radius 2 is 1.90 bits per heavy atom. The fourth-order valence-corrected chi connectivity index (χ4v) is 5.29. The number of amides is 3. The van der Waals surface area contributed by atoms with Crippen molar-refractivity contribution in [2.75, 3.05) is 13.1 Å². The Balaban J connectivity index is 1.26. The molecule has 3 aliphatic heterocycles. The SMILES string of the molecule is O=C1CCC(N2Cc3cc(C#CC4CC5(CCNCC5)C4)ccc3C2=O)C(=O)N1. The molecule has 1 aliphatic carbocycles. The molecule has 1 saturated carbocycles. The number of imide groups is 1. The summed E-state index contributed by atoms with van der Waals surface area (Å²) in [5, 5.41) is 5.77. The Hall–Kier alpha value is -2.65. The Morgan fingerprint density at radius 1 is 1.10 bits per heavy atom. The minimum absolute atomic E-state index is 0.138. The molecule has 1 aromatic carbocycles. The number of carbonyl (C=O) groups is 3. The van der Waals surface area contributed by atoms with E-state index in [-0.39, 0.29) is 24.1 Å². The number of fused-ring (bicyclic) bond motifs is 1. The van der Waals surface area contributed by atoms with Crippen molar-refractivity contribution < 1.29 is 14.4 Å². The first kappa shape index (κ1) is 18.4. The summed E-state index contributed by atoms with van der Waals surface area (Å²) in [6.07, 6.45) is 5.59. The van der Waals surface area contributed by atoms with Crippen molar-refractivity contribution >= 4 is 17.7 Å². The topological polar surface area (TPSA) is 78.5 Å². The van der Waals surface area contributed by atoms with E-state index in [1.165, 1.54) is 25.7 Å². The number of hydrogen-bond acceptors (Lipinski definition) is 4. The summed E-state index contributed by atoms with van der Waals surface area (Å²) in [4.78, 5) is 37.9. The normalized spacial score (nSPS) is 25.9. The molecule has 1 spiro atoms. The lowest BCUT2D eigenvalue weighted by Gasteiger charge is -2.48. The van der Waals surface area contributed by atoms with E-state index in [0.29, 0.717) is 29.9 Å². The minimum Gasteiger partial charge on any atom is -0.322 e. The molecule has 3 fully saturated rings. The fraction of sp³-hybridized carbons (Fsp3) is 0.522. The summed E-state index contributed by atoms with van der Waals surface area (Å²) in [7, 11) is 0. The van der Waals surface area contributed by atoms with Crippen molar-refractivity contribution in [1.29, 1.82) is 0 Å². The molecule has 0 radical (unpaired) electrons. The van der Waals surface area contributed by atoms with Crippen LogP contribution in [-0.4, -0.2) is 41.8 Å². The minimum atomic E-state index is -0.571. The van der Waals surface area contributed by atoms with Gasteiger partial charge in [0.1, 0.15) is 6.04 Å². The third-order valence-electron chi connectivity index (χ3n) is 6.97. The van der Waals surface area contributed by atoms with Gasteiger partial charge >= 0.3 is 0 Å². The second-order valence-electron chi connectivity index (χ2n) is 8.90. The maximum Gasteiger partial charge on any atom is 0.255 e. The standard InChI is InChI=1S/C23H25N3O3/c27-20-6-5-19(21(28)25-20)26-14-17-11-15(3-4-18(17)22(26)29)1-2-16-12-23(13-16)7-9-24-10-8-23/h3-4,11,16,19,24H,5-10,12-14H2,(H,25,27,28). The molecule has 29 heavy (non-hydrogen) atoms. The van der Waals surface area contributed by atoms with Gasteiger partial charge in [0, 0.05) is 30.0 Å². The number of piperidine rings is 2. The number of nitrogens with zero attached hydrogens (tertiary/aromatic N) is 1. The first-order valence-corrected chi connectivity index (χ1v) is 10.5. The largest absolute Gasteiger partial charge is 0.322 e. The number of benzene rings is 1. The molecular weight excluding hydrogens is 366 g/mol. The van der Waals surface area contributed by atoms with Gasteiger partial charge in [0.25, 0.3) is 5.91 Å². The van der Waals surface area contributed by atoms with E-state index in [4.69, 9.17) is 0 Å². The van der Waals surface area contributed by atoms with E-state index < -0.39 is 6.04 Å². The zero-order valence-electron chi connectivity index (χ0n) is 16.4. The molecule has 3 heterocycles. The Bertz CT molecular complexity index is 944. The van der Waals surface area contributed by atoms with Crippen LogP contribution in [0.5, 0.6) is 0 Å². The molecule has 150 valence electrons. The summed E-state index contributed by atoms with van der Waals surface area (Å²) in [6, 6.07) is 5.13. The van der Waals surface area contributed by atoms with Crippen LogP contribution >= 0.6 is 0 Å². The Labute approximate surface area is 170 Å². The summed E-state index contributed by atoms with van der Waals surface area (Å²) in [6.45, 7) is 2.65. The van der Waals surface area contributed by atoms with E-state index in [1.807, 2.05) is 18.2 Å². The van der Waals surface area contributed by atoms with E-state index in [9.17, 15) is 14.4 Å². The van der Waals surface area contributed by atoms with Gasteiger partial charge < -0.3 is 10.2 Å². The van der Waals surface area contributed by atoms with Gasteiger partial charge in [0.15, 0.2) is 0 Å². The molecular formula is C23H25N3O3. The van der Waals surface area contributed by atoms with Crippen LogP contribution in [0, 0.1) is 23.2 Å². The second-order valence-corrected chi connectivity index (χ2v) is 8.90. The van der Waals surface area contributed by atoms with Gasteiger partial charge in [-0.15, -0.1) is 0 Å². The third kappa shape index (κ3) is 3.34. The number of nitrogens with one attached hydrogen (secondary N) is 2. The summed E-state index contributed by atoms with van der Waals surface area (Å²) in [5.41, 5.74) is 3.00.